The van der Waals surface area contributed by atoms with E-state index >= 15 is 0 Å². The van der Waals surface area contributed by atoms with E-state index < -0.39 is 0 Å². The third-order valence-electron chi connectivity index (χ3n) is 5.37. The summed E-state index contributed by atoms with van der Waals surface area (Å²) in [5.41, 5.74) is 2.17. The quantitative estimate of drug-likeness (QED) is 0.708. The molecule has 1 saturated heterocycles. The Balaban J connectivity index is 1.39. The Morgan fingerprint density at radius 1 is 1.17 bits per heavy atom. The molecule has 1 unspecified atom stereocenters. The molecule has 0 aliphatic carbocycles. The standard InChI is InChI=1S/C23H30N4O2/c1-26(15-12-19-7-3-2-4-8-19)16-14-25-23(29)20-10-11-22(28)27(17-20)18-21-9-5-6-13-24-21/h2-9,13,20H,10-12,14-18H2,1H3,(H,25,29). The van der Waals surface area contributed by atoms with Gasteiger partial charge in [-0.05, 0) is 37.6 Å². The molecule has 3 rings (SSSR count). The van der Waals surface area contributed by atoms with Gasteiger partial charge in [-0.15, -0.1) is 0 Å². The first-order valence-electron chi connectivity index (χ1n) is 10.3. The lowest BCUT2D eigenvalue weighted by atomic mass is 9.96. The van der Waals surface area contributed by atoms with Crippen LogP contribution in [0, 0.1) is 5.92 Å². The Bertz CT molecular complexity index is 782. The summed E-state index contributed by atoms with van der Waals surface area (Å²) in [4.78, 5) is 33.1. The summed E-state index contributed by atoms with van der Waals surface area (Å²) in [5, 5.41) is 3.05. The van der Waals surface area contributed by atoms with E-state index in [1.165, 1.54) is 5.56 Å². The lowest BCUT2D eigenvalue weighted by Crippen LogP contribution is -2.46. The van der Waals surface area contributed by atoms with Crippen molar-refractivity contribution in [3.63, 3.8) is 0 Å². The smallest absolute Gasteiger partial charge is 0.224 e. The van der Waals surface area contributed by atoms with Crippen molar-refractivity contribution in [3.8, 4) is 0 Å². The molecular weight excluding hydrogens is 364 g/mol. The van der Waals surface area contributed by atoms with Crippen LogP contribution in [0.25, 0.3) is 0 Å². The molecule has 6 nitrogen and oxygen atoms in total. The van der Waals surface area contributed by atoms with Crippen LogP contribution < -0.4 is 5.32 Å². The summed E-state index contributed by atoms with van der Waals surface area (Å²) in [6.45, 7) is 3.31. The molecule has 1 fully saturated rings. The van der Waals surface area contributed by atoms with Crippen molar-refractivity contribution in [1.29, 1.82) is 0 Å². The highest BCUT2D eigenvalue weighted by atomic mass is 16.2. The van der Waals surface area contributed by atoms with Crippen LogP contribution in [0.3, 0.4) is 0 Å². The number of rotatable bonds is 9. The second-order valence-electron chi connectivity index (χ2n) is 7.66. The van der Waals surface area contributed by atoms with Gasteiger partial charge >= 0.3 is 0 Å². The van der Waals surface area contributed by atoms with Crippen molar-refractivity contribution in [1.82, 2.24) is 20.1 Å². The number of amides is 2. The van der Waals surface area contributed by atoms with Gasteiger partial charge in [0.1, 0.15) is 0 Å². The molecule has 6 heteroatoms. The first-order valence-corrected chi connectivity index (χ1v) is 10.3. The molecule has 1 aromatic carbocycles. The molecular formula is C23H30N4O2. The van der Waals surface area contributed by atoms with Crippen molar-refractivity contribution in [3.05, 3.63) is 66.0 Å². The number of carbonyl (C=O) groups excluding carboxylic acids is 2. The third kappa shape index (κ3) is 6.68. The average molecular weight is 395 g/mol. The molecule has 0 bridgehead atoms. The minimum Gasteiger partial charge on any atom is -0.355 e. The van der Waals surface area contributed by atoms with Crippen LogP contribution in [0.5, 0.6) is 0 Å². The number of hydrogen-bond donors (Lipinski definition) is 1. The van der Waals surface area contributed by atoms with Crippen molar-refractivity contribution < 1.29 is 9.59 Å². The van der Waals surface area contributed by atoms with Gasteiger partial charge in [0.25, 0.3) is 0 Å². The van der Waals surface area contributed by atoms with E-state index in [9.17, 15) is 9.59 Å². The number of carbonyl (C=O) groups is 2. The Hall–Kier alpha value is -2.73. The number of hydrogen-bond acceptors (Lipinski definition) is 4. The summed E-state index contributed by atoms with van der Waals surface area (Å²) >= 11 is 0. The van der Waals surface area contributed by atoms with Crippen molar-refractivity contribution in [2.24, 2.45) is 5.92 Å². The van der Waals surface area contributed by atoms with Gasteiger partial charge in [0.15, 0.2) is 0 Å². The van der Waals surface area contributed by atoms with E-state index in [1.807, 2.05) is 24.3 Å². The van der Waals surface area contributed by atoms with Crippen LogP contribution in [0.15, 0.2) is 54.7 Å². The van der Waals surface area contributed by atoms with Gasteiger partial charge in [0.05, 0.1) is 18.2 Å². The molecule has 0 radical (unpaired) electrons. The predicted octanol–water partition coefficient (Wildman–Crippen LogP) is 2.11. The molecule has 1 N–H and O–H groups in total. The van der Waals surface area contributed by atoms with E-state index in [0.717, 1.165) is 25.2 Å². The molecule has 2 aromatic rings. The lowest BCUT2D eigenvalue weighted by molar-refractivity contribution is -0.139. The second kappa shape index (κ2) is 10.7. The maximum atomic E-state index is 12.6. The summed E-state index contributed by atoms with van der Waals surface area (Å²) in [5.74, 6) is -0.00799. The van der Waals surface area contributed by atoms with Gasteiger partial charge < -0.3 is 15.1 Å². The fraction of sp³-hybridized carbons (Fsp3) is 0.435. The van der Waals surface area contributed by atoms with E-state index in [4.69, 9.17) is 0 Å². The van der Waals surface area contributed by atoms with Crippen molar-refractivity contribution in [2.75, 3.05) is 33.2 Å². The molecule has 2 amide bonds. The molecule has 29 heavy (non-hydrogen) atoms. The largest absolute Gasteiger partial charge is 0.355 e. The lowest BCUT2D eigenvalue weighted by Gasteiger charge is -2.31. The van der Waals surface area contributed by atoms with E-state index in [2.05, 4.69) is 46.5 Å². The maximum absolute atomic E-state index is 12.6. The Kier molecular flexibility index (Phi) is 7.76. The zero-order valence-electron chi connectivity index (χ0n) is 17.1. The van der Waals surface area contributed by atoms with Crippen LogP contribution in [0.2, 0.25) is 0 Å². The number of pyridine rings is 1. The summed E-state index contributed by atoms with van der Waals surface area (Å²) in [7, 11) is 2.07. The summed E-state index contributed by atoms with van der Waals surface area (Å²) in [6, 6.07) is 16.1. The zero-order chi connectivity index (χ0) is 20.5. The molecule has 0 saturated carbocycles. The van der Waals surface area contributed by atoms with E-state index in [1.54, 1.807) is 11.1 Å². The monoisotopic (exact) mass is 394 g/mol. The molecule has 1 atom stereocenters. The van der Waals surface area contributed by atoms with E-state index in [0.29, 0.717) is 32.5 Å². The van der Waals surface area contributed by atoms with Gasteiger partial charge in [-0.2, -0.15) is 0 Å². The maximum Gasteiger partial charge on any atom is 0.224 e. The number of piperidine rings is 1. The Morgan fingerprint density at radius 2 is 1.97 bits per heavy atom. The van der Waals surface area contributed by atoms with Crippen LogP contribution in [0.1, 0.15) is 24.1 Å². The average Bonchev–Trinajstić information content (AvgIpc) is 2.75. The SMILES string of the molecule is CN(CCNC(=O)C1CCC(=O)N(Cc2ccccn2)C1)CCc1ccccc1. The fourth-order valence-corrected chi connectivity index (χ4v) is 3.56. The fourth-order valence-electron chi connectivity index (χ4n) is 3.56. The summed E-state index contributed by atoms with van der Waals surface area (Å²) < 4.78 is 0. The van der Waals surface area contributed by atoms with Gasteiger partial charge in [-0.3, -0.25) is 14.6 Å². The summed E-state index contributed by atoms with van der Waals surface area (Å²) in [6.07, 6.45) is 3.76. The zero-order valence-corrected chi connectivity index (χ0v) is 17.1. The first kappa shape index (κ1) is 21.0. The van der Waals surface area contributed by atoms with Gasteiger partial charge in [0, 0.05) is 38.8 Å². The molecule has 2 heterocycles. The first-order chi connectivity index (χ1) is 14.1. The highest BCUT2D eigenvalue weighted by Gasteiger charge is 2.30. The van der Waals surface area contributed by atoms with Gasteiger partial charge in [-0.25, -0.2) is 0 Å². The van der Waals surface area contributed by atoms with Gasteiger partial charge in [-0.1, -0.05) is 36.4 Å². The molecule has 1 aliphatic heterocycles. The normalized spacial score (nSPS) is 16.8. The molecule has 1 aromatic heterocycles. The minimum absolute atomic E-state index is 0.0416. The molecule has 154 valence electrons. The van der Waals surface area contributed by atoms with Crippen LogP contribution >= 0.6 is 0 Å². The molecule has 0 spiro atoms. The van der Waals surface area contributed by atoms with Crippen molar-refractivity contribution >= 4 is 11.8 Å². The number of likely N-dealkylation sites (tertiary alicyclic amines) is 1. The predicted molar refractivity (Wildman–Crippen MR) is 113 cm³/mol. The van der Waals surface area contributed by atoms with Crippen LogP contribution in [-0.4, -0.2) is 59.8 Å². The number of nitrogens with one attached hydrogen (secondary N) is 1. The van der Waals surface area contributed by atoms with Gasteiger partial charge in [0.2, 0.25) is 11.8 Å². The number of benzene rings is 1. The van der Waals surface area contributed by atoms with Crippen LogP contribution in [0.4, 0.5) is 0 Å². The van der Waals surface area contributed by atoms with E-state index in [-0.39, 0.29) is 17.7 Å². The van der Waals surface area contributed by atoms with Crippen LogP contribution in [-0.2, 0) is 22.6 Å². The number of likely N-dealkylation sites (N-methyl/N-ethyl adjacent to an activating group) is 1. The topological polar surface area (TPSA) is 65.5 Å². The third-order valence-corrected chi connectivity index (χ3v) is 5.37. The molecule has 1 aliphatic rings. The minimum atomic E-state index is -0.147. The number of aromatic nitrogens is 1. The Labute approximate surface area is 172 Å². The van der Waals surface area contributed by atoms with Crippen molar-refractivity contribution in [2.45, 2.75) is 25.8 Å². The Morgan fingerprint density at radius 3 is 2.72 bits per heavy atom. The second-order valence-corrected chi connectivity index (χ2v) is 7.66. The highest BCUT2D eigenvalue weighted by molar-refractivity contribution is 5.83. The highest BCUT2D eigenvalue weighted by Crippen LogP contribution is 2.19. The number of nitrogens with zero attached hydrogens (tertiary/aromatic N) is 3.